The fourth-order valence-electron chi connectivity index (χ4n) is 1.51. The number of aliphatic hydroxyl groups excluding tert-OH is 1. The maximum Gasteiger partial charge on any atom is 0.456 e. The van der Waals surface area contributed by atoms with E-state index in [-0.39, 0.29) is 11.3 Å². The fourth-order valence-corrected chi connectivity index (χ4v) is 1.51. The van der Waals surface area contributed by atoms with E-state index in [4.69, 9.17) is 5.11 Å². The quantitative estimate of drug-likeness (QED) is 0.816. The summed E-state index contributed by atoms with van der Waals surface area (Å²) in [6.07, 6.45) is -3.54. The molecule has 0 spiro atoms. The number of imidazole rings is 1. The summed E-state index contributed by atoms with van der Waals surface area (Å²) in [5, 5.41) is 8.96. The number of halogens is 3. The third-order valence-corrected chi connectivity index (χ3v) is 2.24. The van der Waals surface area contributed by atoms with Crippen LogP contribution in [0.1, 0.15) is 16.3 Å². The summed E-state index contributed by atoms with van der Waals surface area (Å²) in [4.78, 5) is 14.6. The molecule has 0 saturated heterocycles. The highest BCUT2D eigenvalue weighted by Gasteiger charge is 2.42. The van der Waals surface area contributed by atoms with Gasteiger partial charge in [-0.15, -0.1) is 0 Å². The Labute approximate surface area is 93.3 Å². The number of carbonyl (C=O) groups excluding carboxylic acids is 1. The van der Waals surface area contributed by atoms with E-state index in [1.807, 2.05) is 0 Å². The van der Waals surface area contributed by atoms with Crippen molar-refractivity contribution in [2.45, 2.75) is 12.8 Å². The molecule has 2 heterocycles. The van der Waals surface area contributed by atoms with Crippen LogP contribution >= 0.6 is 0 Å². The van der Waals surface area contributed by atoms with Gasteiger partial charge in [-0.25, -0.2) is 4.98 Å². The van der Waals surface area contributed by atoms with Crippen LogP contribution in [0.5, 0.6) is 0 Å². The first-order valence-corrected chi connectivity index (χ1v) is 4.63. The first-order valence-electron chi connectivity index (χ1n) is 4.63. The molecular weight excluding hydrogens is 237 g/mol. The van der Waals surface area contributed by atoms with Gasteiger partial charge in [-0.05, 0) is 12.1 Å². The lowest BCUT2D eigenvalue weighted by Crippen LogP contribution is -2.23. The minimum Gasteiger partial charge on any atom is -0.388 e. The molecule has 0 radical (unpaired) electrons. The number of aliphatic hydroxyl groups is 1. The number of Topliss-reactive ketones (excluding diaryl/α,β-unsaturated/α-hetero) is 1. The predicted octanol–water partition coefficient (Wildman–Crippen LogP) is 1.57. The van der Waals surface area contributed by atoms with Gasteiger partial charge in [0.15, 0.2) is 0 Å². The highest BCUT2D eigenvalue weighted by atomic mass is 19.4. The molecule has 0 fully saturated rings. The first kappa shape index (κ1) is 11.6. The molecule has 0 aromatic carbocycles. The SMILES string of the molecule is O=C(c1nc(CO)n2ccccc12)C(F)(F)F. The van der Waals surface area contributed by atoms with Crippen LogP contribution in [0.4, 0.5) is 13.2 Å². The smallest absolute Gasteiger partial charge is 0.388 e. The second-order valence-electron chi connectivity index (χ2n) is 3.32. The summed E-state index contributed by atoms with van der Waals surface area (Å²) in [5.74, 6) is -2.02. The van der Waals surface area contributed by atoms with Gasteiger partial charge in [0.2, 0.25) is 0 Å². The Bertz CT molecular complexity index is 574. The van der Waals surface area contributed by atoms with Crippen LogP contribution in [0.2, 0.25) is 0 Å². The summed E-state index contributed by atoms with van der Waals surface area (Å²) < 4.78 is 38.2. The van der Waals surface area contributed by atoms with E-state index in [0.717, 1.165) is 0 Å². The van der Waals surface area contributed by atoms with E-state index in [0.29, 0.717) is 0 Å². The molecule has 0 amide bonds. The molecule has 0 bridgehead atoms. The summed E-state index contributed by atoms with van der Waals surface area (Å²) in [6, 6.07) is 4.39. The van der Waals surface area contributed by atoms with E-state index in [1.54, 1.807) is 6.07 Å². The molecule has 1 N–H and O–H groups in total. The predicted molar refractivity (Wildman–Crippen MR) is 51.5 cm³/mol. The topological polar surface area (TPSA) is 54.6 Å². The van der Waals surface area contributed by atoms with Gasteiger partial charge in [-0.1, -0.05) is 6.07 Å². The van der Waals surface area contributed by atoms with Crippen LogP contribution in [-0.2, 0) is 6.61 Å². The number of fused-ring (bicyclic) bond motifs is 1. The summed E-state index contributed by atoms with van der Waals surface area (Å²) >= 11 is 0. The van der Waals surface area contributed by atoms with Gasteiger partial charge >= 0.3 is 6.18 Å². The Morgan fingerprint density at radius 3 is 2.71 bits per heavy atom. The molecular formula is C10H7F3N2O2. The minimum absolute atomic E-state index is 0.00630. The normalized spacial score (nSPS) is 12.0. The first-order chi connectivity index (χ1) is 7.95. The summed E-state index contributed by atoms with van der Waals surface area (Å²) in [6.45, 7) is -0.545. The lowest BCUT2D eigenvalue weighted by molar-refractivity contribution is -0.0887. The molecule has 0 aliphatic rings. The van der Waals surface area contributed by atoms with Crippen molar-refractivity contribution in [2.75, 3.05) is 0 Å². The molecule has 0 aliphatic carbocycles. The lowest BCUT2D eigenvalue weighted by atomic mass is 10.2. The van der Waals surface area contributed by atoms with Gasteiger partial charge in [-0.2, -0.15) is 13.2 Å². The van der Waals surface area contributed by atoms with E-state index in [9.17, 15) is 18.0 Å². The maximum absolute atomic E-state index is 12.3. The molecule has 2 aromatic heterocycles. The zero-order chi connectivity index (χ0) is 12.6. The molecule has 0 atom stereocenters. The monoisotopic (exact) mass is 244 g/mol. The fraction of sp³-hybridized carbons (Fsp3) is 0.200. The molecule has 90 valence electrons. The average Bonchev–Trinajstić information content (AvgIpc) is 2.65. The molecule has 0 aliphatic heterocycles. The lowest BCUT2D eigenvalue weighted by Gasteiger charge is -2.02. The number of nitrogens with zero attached hydrogens (tertiary/aromatic N) is 2. The standard InChI is InChI=1S/C10H7F3N2O2/c11-10(12,13)9(17)8-6-3-1-2-4-15(6)7(5-16)14-8/h1-4,16H,5H2. The van der Waals surface area contributed by atoms with Gasteiger partial charge in [0.1, 0.15) is 18.1 Å². The zero-order valence-corrected chi connectivity index (χ0v) is 8.40. The van der Waals surface area contributed by atoms with Crippen molar-refractivity contribution in [1.82, 2.24) is 9.38 Å². The number of aromatic nitrogens is 2. The Balaban J connectivity index is 2.67. The molecule has 0 saturated carbocycles. The summed E-state index contributed by atoms with van der Waals surface area (Å²) in [7, 11) is 0. The van der Waals surface area contributed by atoms with Crippen molar-refractivity contribution in [1.29, 1.82) is 0 Å². The third kappa shape index (κ3) is 1.89. The molecule has 17 heavy (non-hydrogen) atoms. The Morgan fingerprint density at radius 1 is 1.41 bits per heavy atom. The van der Waals surface area contributed by atoms with Gasteiger partial charge in [0, 0.05) is 6.20 Å². The number of carbonyl (C=O) groups is 1. The van der Waals surface area contributed by atoms with Crippen molar-refractivity contribution >= 4 is 11.3 Å². The van der Waals surface area contributed by atoms with Crippen molar-refractivity contribution in [3.63, 3.8) is 0 Å². The highest BCUT2D eigenvalue weighted by molar-refractivity contribution is 6.04. The van der Waals surface area contributed by atoms with Crippen molar-refractivity contribution in [2.24, 2.45) is 0 Å². The molecule has 0 unspecified atom stereocenters. The number of rotatable bonds is 2. The maximum atomic E-state index is 12.3. The van der Waals surface area contributed by atoms with E-state index >= 15 is 0 Å². The Kier molecular flexibility index (Phi) is 2.62. The van der Waals surface area contributed by atoms with Crippen LogP contribution in [0, 0.1) is 0 Å². The van der Waals surface area contributed by atoms with Crippen LogP contribution in [0.25, 0.3) is 5.52 Å². The second-order valence-corrected chi connectivity index (χ2v) is 3.32. The Morgan fingerprint density at radius 2 is 2.12 bits per heavy atom. The van der Waals surface area contributed by atoms with Crippen LogP contribution < -0.4 is 0 Å². The van der Waals surface area contributed by atoms with Gasteiger partial charge in [-0.3, -0.25) is 4.79 Å². The van der Waals surface area contributed by atoms with Crippen LogP contribution in [0.3, 0.4) is 0 Å². The number of alkyl halides is 3. The van der Waals surface area contributed by atoms with Gasteiger partial charge in [0.25, 0.3) is 5.78 Å². The van der Waals surface area contributed by atoms with E-state index in [2.05, 4.69) is 4.98 Å². The van der Waals surface area contributed by atoms with E-state index < -0.39 is 24.3 Å². The Hall–Kier alpha value is -1.89. The summed E-state index contributed by atoms with van der Waals surface area (Å²) in [5.41, 5.74) is -0.666. The molecule has 7 heteroatoms. The van der Waals surface area contributed by atoms with Crippen molar-refractivity contribution < 1.29 is 23.1 Å². The van der Waals surface area contributed by atoms with E-state index in [1.165, 1.54) is 22.7 Å². The second kappa shape index (κ2) is 3.85. The van der Waals surface area contributed by atoms with Crippen molar-refractivity contribution in [3.8, 4) is 0 Å². The zero-order valence-electron chi connectivity index (χ0n) is 8.40. The molecule has 4 nitrogen and oxygen atoms in total. The van der Waals surface area contributed by atoms with Gasteiger partial charge < -0.3 is 9.51 Å². The van der Waals surface area contributed by atoms with Gasteiger partial charge in [0.05, 0.1) is 5.52 Å². The minimum atomic E-state index is -4.97. The molecule has 2 rings (SSSR count). The number of hydrogen-bond acceptors (Lipinski definition) is 3. The van der Waals surface area contributed by atoms with Crippen molar-refractivity contribution in [3.05, 3.63) is 35.9 Å². The molecule has 2 aromatic rings. The number of pyridine rings is 1. The van der Waals surface area contributed by atoms with Crippen LogP contribution in [-0.4, -0.2) is 26.5 Å². The highest BCUT2D eigenvalue weighted by Crippen LogP contribution is 2.24. The largest absolute Gasteiger partial charge is 0.456 e. The van der Waals surface area contributed by atoms with Crippen LogP contribution in [0.15, 0.2) is 24.4 Å². The average molecular weight is 244 g/mol. The number of hydrogen-bond donors (Lipinski definition) is 1. The number of ketones is 1. The third-order valence-electron chi connectivity index (χ3n) is 2.24.